The van der Waals surface area contributed by atoms with Gasteiger partial charge in [-0.3, -0.25) is 5.10 Å². The molecule has 2 aromatic heterocycles. The molecule has 0 amide bonds. The van der Waals surface area contributed by atoms with E-state index in [1.165, 1.54) is 0 Å². The first-order valence-corrected chi connectivity index (χ1v) is 7.86. The summed E-state index contributed by atoms with van der Waals surface area (Å²) in [6.07, 6.45) is 1.71. The van der Waals surface area contributed by atoms with Crippen molar-refractivity contribution in [3.63, 3.8) is 0 Å². The average Bonchev–Trinajstić information content (AvgIpc) is 2.96. The van der Waals surface area contributed by atoms with Crippen LogP contribution < -0.4 is 4.74 Å². The van der Waals surface area contributed by atoms with Crippen LogP contribution in [0.25, 0.3) is 11.0 Å². The first-order valence-electron chi connectivity index (χ1n) is 7.86. The van der Waals surface area contributed by atoms with Crippen molar-refractivity contribution in [2.75, 3.05) is 0 Å². The van der Waals surface area contributed by atoms with Crippen LogP contribution in [0.5, 0.6) is 5.75 Å². The summed E-state index contributed by atoms with van der Waals surface area (Å²) in [6, 6.07) is 9.94. The van der Waals surface area contributed by atoms with E-state index < -0.39 is 0 Å². The van der Waals surface area contributed by atoms with Gasteiger partial charge in [0.15, 0.2) is 5.65 Å². The topological polar surface area (TPSA) is 74.6 Å². The van der Waals surface area contributed by atoms with Crippen molar-refractivity contribution in [3.05, 3.63) is 52.8 Å². The molecule has 0 atom stereocenters. The fourth-order valence-electron chi connectivity index (χ4n) is 2.68. The predicted molar refractivity (Wildman–Crippen MR) is 92.8 cm³/mol. The van der Waals surface area contributed by atoms with Crippen LogP contribution in [0.2, 0.25) is 0 Å². The highest BCUT2D eigenvalue weighted by atomic mass is 16.5. The number of hydrogen-bond acceptors (Lipinski definition) is 4. The zero-order valence-electron chi connectivity index (χ0n) is 14.3. The van der Waals surface area contributed by atoms with Gasteiger partial charge < -0.3 is 4.74 Å². The second-order valence-electron chi connectivity index (χ2n) is 6.89. The number of hydrogen-bond donors (Lipinski definition) is 1. The molecule has 24 heavy (non-hydrogen) atoms. The Bertz CT molecular complexity index is 929. The first kappa shape index (κ1) is 16.0. The molecule has 0 saturated carbocycles. The fraction of sp³-hybridized carbons (Fsp3) is 0.316. The van der Waals surface area contributed by atoms with Crippen LogP contribution >= 0.6 is 0 Å². The molecule has 0 unspecified atom stereocenters. The van der Waals surface area contributed by atoms with Crippen LogP contribution in [0.3, 0.4) is 0 Å². The van der Waals surface area contributed by atoms with Crippen LogP contribution in [0.1, 0.15) is 43.2 Å². The second kappa shape index (κ2) is 5.97. The van der Waals surface area contributed by atoms with E-state index in [2.05, 4.69) is 42.0 Å². The van der Waals surface area contributed by atoms with Crippen molar-refractivity contribution in [1.29, 1.82) is 5.26 Å². The molecule has 0 fully saturated rings. The smallest absolute Gasteiger partial charge is 0.181 e. The van der Waals surface area contributed by atoms with Gasteiger partial charge in [-0.25, -0.2) is 4.98 Å². The molecule has 3 aromatic rings. The van der Waals surface area contributed by atoms with Crippen LogP contribution in [0, 0.1) is 18.3 Å². The summed E-state index contributed by atoms with van der Waals surface area (Å²) in [5.41, 5.74) is 4.15. The summed E-state index contributed by atoms with van der Waals surface area (Å²) in [4.78, 5) is 4.21. The Labute approximate surface area is 141 Å². The maximum Gasteiger partial charge on any atom is 0.181 e. The number of H-pyrrole nitrogens is 1. The molecule has 3 rings (SSSR count). The van der Waals surface area contributed by atoms with Crippen molar-refractivity contribution in [3.8, 4) is 11.8 Å². The molecule has 0 aliphatic rings. The highest BCUT2D eigenvalue weighted by Crippen LogP contribution is 2.34. The lowest BCUT2D eigenvalue weighted by Crippen LogP contribution is -2.14. The van der Waals surface area contributed by atoms with Crippen molar-refractivity contribution < 1.29 is 4.74 Å². The highest BCUT2D eigenvalue weighted by Gasteiger charge is 2.21. The van der Waals surface area contributed by atoms with E-state index in [4.69, 9.17) is 4.74 Å². The van der Waals surface area contributed by atoms with Gasteiger partial charge in [0.05, 0.1) is 17.3 Å². The molecule has 5 heteroatoms. The standard InChI is InChI=1S/C19H20N4O/c1-12-8-15(19(2,3)4)17(9-13(12)10-20)24-11-16-14-6-5-7-21-18(14)23-22-16/h5-9H,11H2,1-4H3,(H,21,22,23). The third-order valence-corrected chi connectivity index (χ3v) is 4.04. The number of rotatable bonds is 3. The van der Waals surface area contributed by atoms with Gasteiger partial charge >= 0.3 is 0 Å². The number of ether oxygens (including phenoxy) is 1. The zero-order valence-corrected chi connectivity index (χ0v) is 14.3. The minimum atomic E-state index is -0.0777. The number of nitrogens with zero attached hydrogens (tertiary/aromatic N) is 3. The van der Waals surface area contributed by atoms with E-state index in [0.717, 1.165) is 28.0 Å². The van der Waals surface area contributed by atoms with Crippen LogP contribution in [0.4, 0.5) is 0 Å². The summed E-state index contributed by atoms with van der Waals surface area (Å²) in [5, 5.41) is 17.4. The minimum Gasteiger partial charge on any atom is -0.487 e. The molecule has 122 valence electrons. The normalized spacial score (nSPS) is 11.5. The summed E-state index contributed by atoms with van der Waals surface area (Å²) >= 11 is 0. The van der Waals surface area contributed by atoms with Crippen LogP contribution in [-0.2, 0) is 12.0 Å². The average molecular weight is 320 g/mol. The monoisotopic (exact) mass is 320 g/mol. The summed E-state index contributed by atoms with van der Waals surface area (Å²) in [7, 11) is 0. The van der Waals surface area contributed by atoms with Gasteiger partial charge in [0.2, 0.25) is 0 Å². The summed E-state index contributed by atoms with van der Waals surface area (Å²) in [5.74, 6) is 0.733. The number of aromatic amines is 1. The molecule has 0 bridgehead atoms. The first-order chi connectivity index (χ1) is 11.4. The molecule has 5 nitrogen and oxygen atoms in total. The van der Waals surface area contributed by atoms with Crippen molar-refractivity contribution in [2.45, 2.75) is 39.7 Å². The Morgan fingerprint density at radius 3 is 2.79 bits per heavy atom. The summed E-state index contributed by atoms with van der Waals surface area (Å²) in [6.45, 7) is 8.70. The Morgan fingerprint density at radius 1 is 1.29 bits per heavy atom. The molecule has 0 spiro atoms. The third kappa shape index (κ3) is 2.95. The SMILES string of the molecule is Cc1cc(C(C)(C)C)c(OCc2[nH]nc3ncccc23)cc1C#N. The van der Waals surface area contributed by atoms with Gasteiger partial charge in [-0.15, -0.1) is 0 Å². The largest absolute Gasteiger partial charge is 0.487 e. The maximum absolute atomic E-state index is 9.30. The molecular formula is C19H20N4O. The minimum absolute atomic E-state index is 0.0777. The van der Waals surface area contributed by atoms with Crippen molar-refractivity contribution in [2.24, 2.45) is 0 Å². The van der Waals surface area contributed by atoms with E-state index in [-0.39, 0.29) is 5.41 Å². The molecule has 1 aromatic carbocycles. The number of aryl methyl sites for hydroxylation is 1. The van der Waals surface area contributed by atoms with E-state index in [9.17, 15) is 5.26 Å². The molecular weight excluding hydrogens is 300 g/mol. The number of nitriles is 1. The lowest BCUT2D eigenvalue weighted by molar-refractivity contribution is 0.294. The Morgan fingerprint density at radius 2 is 2.08 bits per heavy atom. The molecule has 0 saturated heterocycles. The fourth-order valence-corrected chi connectivity index (χ4v) is 2.68. The summed E-state index contributed by atoms with van der Waals surface area (Å²) < 4.78 is 6.06. The predicted octanol–water partition coefficient (Wildman–Crippen LogP) is 4.01. The lowest BCUT2D eigenvalue weighted by atomic mass is 9.84. The highest BCUT2D eigenvalue weighted by molar-refractivity contribution is 5.77. The molecule has 2 heterocycles. The lowest BCUT2D eigenvalue weighted by Gasteiger charge is -2.24. The van der Waals surface area contributed by atoms with Gasteiger partial charge in [0.25, 0.3) is 0 Å². The molecule has 1 N–H and O–H groups in total. The maximum atomic E-state index is 9.30. The quantitative estimate of drug-likeness (QED) is 0.791. The van der Waals surface area contributed by atoms with Gasteiger partial charge in [-0.2, -0.15) is 10.4 Å². The van der Waals surface area contributed by atoms with Gasteiger partial charge in [0, 0.05) is 11.6 Å². The zero-order chi connectivity index (χ0) is 17.3. The molecule has 0 aliphatic carbocycles. The molecule has 0 radical (unpaired) electrons. The number of pyridine rings is 1. The van der Waals surface area contributed by atoms with Crippen molar-refractivity contribution in [1.82, 2.24) is 15.2 Å². The Balaban J connectivity index is 1.96. The second-order valence-corrected chi connectivity index (χ2v) is 6.89. The number of nitrogens with one attached hydrogen (secondary N) is 1. The van der Waals surface area contributed by atoms with Crippen LogP contribution in [0.15, 0.2) is 30.5 Å². The van der Waals surface area contributed by atoms with E-state index in [1.54, 1.807) is 6.20 Å². The van der Waals surface area contributed by atoms with Crippen molar-refractivity contribution >= 4 is 11.0 Å². The number of fused-ring (bicyclic) bond motifs is 1. The Kier molecular flexibility index (Phi) is 3.98. The third-order valence-electron chi connectivity index (χ3n) is 4.04. The Hall–Kier alpha value is -2.87. The van der Waals surface area contributed by atoms with E-state index in [0.29, 0.717) is 17.8 Å². The molecule has 0 aliphatic heterocycles. The van der Waals surface area contributed by atoms with E-state index in [1.807, 2.05) is 31.2 Å². The van der Waals surface area contributed by atoms with Gasteiger partial charge in [-0.1, -0.05) is 26.8 Å². The van der Waals surface area contributed by atoms with Crippen LogP contribution in [-0.4, -0.2) is 15.2 Å². The number of aromatic nitrogens is 3. The number of benzene rings is 1. The van der Waals surface area contributed by atoms with Gasteiger partial charge in [-0.05, 0) is 41.7 Å². The van der Waals surface area contributed by atoms with Gasteiger partial charge in [0.1, 0.15) is 12.4 Å². The van der Waals surface area contributed by atoms with E-state index >= 15 is 0 Å².